The smallest absolute Gasteiger partial charge is 0.405 e. The molecule has 110 valence electrons. The summed E-state index contributed by atoms with van der Waals surface area (Å²) in [4.78, 5) is 12.0. The Balaban J connectivity index is 2.23. The van der Waals surface area contributed by atoms with Gasteiger partial charge in [0.1, 0.15) is 5.75 Å². The van der Waals surface area contributed by atoms with Gasteiger partial charge in [-0.15, -0.1) is 13.2 Å². The van der Waals surface area contributed by atoms with E-state index >= 15 is 0 Å². The van der Waals surface area contributed by atoms with E-state index in [-0.39, 0.29) is 5.56 Å². The fourth-order valence-corrected chi connectivity index (χ4v) is 1.68. The first-order chi connectivity index (χ1) is 9.85. The van der Waals surface area contributed by atoms with Crippen LogP contribution in [0.3, 0.4) is 0 Å². The Morgan fingerprint density at radius 1 is 1.10 bits per heavy atom. The van der Waals surface area contributed by atoms with Crippen molar-refractivity contribution in [3.63, 3.8) is 0 Å². The van der Waals surface area contributed by atoms with Crippen LogP contribution in [0.1, 0.15) is 10.4 Å². The van der Waals surface area contributed by atoms with Gasteiger partial charge in [0.15, 0.2) is 0 Å². The van der Waals surface area contributed by atoms with Crippen LogP contribution in [-0.4, -0.2) is 12.3 Å². The fraction of sp³-hybridized carbons (Fsp3) is 0.0714. The molecule has 0 radical (unpaired) electrons. The molecule has 0 saturated heterocycles. The minimum Gasteiger partial charge on any atom is -0.405 e. The van der Waals surface area contributed by atoms with Crippen molar-refractivity contribution in [3.05, 3.63) is 54.1 Å². The van der Waals surface area contributed by atoms with E-state index in [1.54, 1.807) is 18.2 Å². The van der Waals surface area contributed by atoms with Gasteiger partial charge in [-0.2, -0.15) is 0 Å². The number of hydrogen-bond acceptors (Lipinski definition) is 3. The molecular weight excluding hydrogens is 285 g/mol. The zero-order chi connectivity index (χ0) is 15.5. The average Bonchev–Trinajstić information content (AvgIpc) is 2.37. The van der Waals surface area contributed by atoms with E-state index in [1.165, 1.54) is 24.3 Å². The van der Waals surface area contributed by atoms with Gasteiger partial charge in [-0.25, -0.2) is 0 Å². The third-order valence-corrected chi connectivity index (χ3v) is 2.50. The molecule has 0 aliphatic rings. The summed E-state index contributed by atoms with van der Waals surface area (Å²) >= 11 is 0. The lowest BCUT2D eigenvalue weighted by Crippen LogP contribution is -2.20. The molecule has 7 heteroatoms. The maximum Gasteiger partial charge on any atom is 0.573 e. The van der Waals surface area contributed by atoms with Crippen molar-refractivity contribution < 1.29 is 22.7 Å². The van der Waals surface area contributed by atoms with Gasteiger partial charge in [0.2, 0.25) is 0 Å². The predicted octanol–water partition coefficient (Wildman–Crippen LogP) is 3.42. The van der Waals surface area contributed by atoms with E-state index in [0.29, 0.717) is 11.4 Å². The topological polar surface area (TPSA) is 64.3 Å². The lowest BCUT2D eigenvalue weighted by molar-refractivity contribution is -0.274. The Morgan fingerprint density at radius 2 is 1.81 bits per heavy atom. The number of nitrogens with two attached hydrogens (primary N) is 1. The third kappa shape index (κ3) is 4.13. The number of para-hydroxylation sites is 1. The number of hydrogen-bond donors (Lipinski definition) is 2. The Hall–Kier alpha value is -2.70. The minimum atomic E-state index is -4.87. The SMILES string of the molecule is Nc1cccc(NC(=O)c2ccccc2OC(F)(F)F)c1. The molecule has 0 saturated carbocycles. The first-order valence-corrected chi connectivity index (χ1v) is 5.87. The van der Waals surface area contributed by atoms with Crippen LogP contribution in [0.4, 0.5) is 24.5 Å². The van der Waals surface area contributed by atoms with Crippen molar-refractivity contribution in [3.8, 4) is 5.75 Å². The average molecular weight is 296 g/mol. The van der Waals surface area contributed by atoms with Gasteiger partial charge < -0.3 is 15.8 Å². The van der Waals surface area contributed by atoms with Crippen LogP contribution in [0.2, 0.25) is 0 Å². The van der Waals surface area contributed by atoms with Gasteiger partial charge >= 0.3 is 6.36 Å². The standard InChI is InChI=1S/C14H11F3N2O2/c15-14(16,17)21-12-7-2-1-6-11(12)13(20)19-10-5-3-4-9(18)8-10/h1-8H,18H2,(H,19,20). The normalized spacial score (nSPS) is 11.0. The van der Waals surface area contributed by atoms with E-state index in [1.807, 2.05) is 0 Å². The molecule has 2 aromatic rings. The molecule has 2 aromatic carbocycles. The van der Waals surface area contributed by atoms with Crippen molar-refractivity contribution in [1.82, 2.24) is 0 Å². The van der Waals surface area contributed by atoms with Gasteiger partial charge in [-0.3, -0.25) is 4.79 Å². The molecule has 0 spiro atoms. The Bertz CT molecular complexity index is 657. The van der Waals surface area contributed by atoms with Gasteiger partial charge in [0.05, 0.1) is 5.56 Å². The van der Waals surface area contributed by atoms with Crippen LogP contribution in [0.25, 0.3) is 0 Å². The Morgan fingerprint density at radius 3 is 2.48 bits per heavy atom. The third-order valence-electron chi connectivity index (χ3n) is 2.50. The molecule has 0 aliphatic heterocycles. The molecular formula is C14H11F3N2O2. The number of halogens is 3. The van der Waals surface area contributed by atoms with Gasteiger partial charge in [-0.05, 0) is 30.3 Å². The second-order valence-electron chi connectivity index (χ2n) is 4.12. The summed E-state index contributed by atoms with van der Waals surface area (Å²) in [6.07, 6.45) is -4.87. The molecule has 0 bridgehead atoms. The monoisotopic (exact) mass is 296 g/mol. The lowest BCUT2D eigenvalue weighted by atomic mass is 10.2. The van der Waals surface area contributed by atoms with Crippen LogP contribution in [0.15, 0.2) is 48.5 Å². The summed E-state index contributed by atoms with van der Waals surface area (Å²) in [5.74, 6) is -1.29. The quantitative estimate of drug-likeness (QED) is 0.853. The molecule has 3 N–H and O–H groups in total. The molecule has 0 unspecified atom stereocenters. The maximum atomic E-state index is 12.3. The summed E-state index contributed by atoms with van der Waals surface area (Å²) in [6, 6.07) is 11.4. The second kappa shape index (κ2) is 5.74. The highest BCUT2D eigenvalue weighted by Crippen LogP contribution is 2.27. The summed E-state index contributed by atoms with van der Waals surface area (Å²) in [5, 5.41) is 2.46. The Kier molecular flexibility index (Phi) is 4.02. The van der Waals surface area contributed by atoms with E-state index in [0.717, 1.165) is 6.07 Å². The number of benzene rings is 2. The van der Waals surface area contributed by atoms with Crippen molar-refractivity contribution in [2.45, 2.75) is 6.36 Å². The van der Waals surface area contributed by atoms with Gasteiger partial charge in [0.25, 0.3) is 5.91 Å². The molecule has 4 nitrogen and oxygen atoms in total. The number of carbonyl (C=O) groups excluding carboxylic acids is 1. The van der Waals surface area contributed by atoms with Crippen LogP contribution < -0.4 is 15.8 Å². The van der Waals surface area contributed by atoms with Gasteiger partial charge in [0, 0.05) is 11.4 Å². The van der Waals surface area contributed by atoms with E-state index in [2.05, 4.69) is 10.1 Å². The first kappa shape index (κ1) is 14.7. The van der Waals surface area contributed by atoms with Crippen molar-refractivity contribution in [2.24, 2.45) is 0 Å². The van der Waals surface area contributed by atoms with Gasteiger partial charge in [-0.1, -0.05) is 18.2 Å². The van der Waals surface area contributed by atoms with Crippen molar-refractivity contribution in [1.29, 1.82) is 0 Å². The molecule has 0 aromatic heterocycles. The number of rotatable bonds is 3. The summed E-state index contributed by atoms with van der Waals surface area (Å²) in [5.41, 5.74) is 6.14. The molecule has 1 amide bonds. The highest BCUT2D eigenvalue weighted by Gasteiger charge is 2.32. The molecule has 21 heavy (non-hydrogen) atoms. The van der Waals surface area contributed by atoms with Crippen LogP contribution in [0, 0.1) is 0 Å². The summed E-state index contributed by atoms with van der Waals surface area (Å²) in [6.45, 7) is 0. The fourth-order valence-electron chi connectivity index (χ4n) is 1.68. The van der Waals surface area contributed by atoms with E-state index in [9.17, 15) is 18.0 Å². The number of anilines is 2. The second-order valence-corrected chi connectivity index (χ2v) is 4.12. The number of alkyl halides is 3. The number of nitrogens with one attached hydrogen (secondary N) is 1. The molecule has 0 fully saturated rings. The molecule has 0 atom stereocenters. The summed E-state index contributed by atoms with van der Waals surface area (Å²) < 4.78 is 40.7. The molecule has 0 aliphatic carbocycles. The summed E-state index contributed by atoms with van der Waals surface area (Å²) in [7, 11) is 0. The van der Waals surface area contributed by atoms with Crippen LogP contribution in [0.5, 0.6) is 5.75 Å². The highest BCUT2D eigenvalue weighted by atomic mass is 19.4. The Labute approximate surface area is 118 Å². The molecule has 2 rings (SSSR count). The van der Waals surface area contributed by atoms with Crippen molar-refractivity contribution >= 4 is 17.3 Å². The predicted molar refractivity (Wildman–Crippen MR) is 71.9 cm³/mol. The minimum absolute atomic E-state index is 0.225. The maximum absolute atomic E-state index is 12.3. The zero-order valence-corrected chi connectivity index (χ0v) is 10.6. The highest BCUT2D eigenvalue weighted by molar-refractivity contribution is 6.06. The number of ether oxygens (including phenoxy) is 1. The number of amides is 1. The van der Waals surface area contributed by atoms with Crippen LogP contribution in [-0.2, 0) is 0 Å². The largest absolute Gasteiger partial charge is 0.573 e. The van der Waals surface area contributed by atoms with Crippen molar-refractivity contribution in [2.75, 3.05) is 11.1 Å². The number of carbonyl (C=O) groups is 1. The van der Waals surface area contributed by atoms with E-state index in [4.69, 9.17) is 5.73 Å². The number of nitrogen functional groups attached to an aromatic ring is 1. The first-order valence-electron chi connectivity index (χ1n) is 5.87. The van der Waals surface area contributed by atoms with E-state index < -0.39 is 18.0 Å². The van der Waals surface area contributed by atoms with Crippen LogP contribution >= 0.6 is 0 Å². The molecule has 0 heterocycles. The lowest BCUT2D eigenvalue weighted by Gasteiger charge is -2.13. The zero-order valence-electron chi connectivity index (χ0n) is 10.6.